The molecule has 14 heavy (non-hydrogen) atoms. The van der Waals surface area contributed by atoms with Crippen LogP contribution in [-0.4, -0.2) is 22.5 Å². The number of likely N-dealkylation sites (tertiary alicyclic amines) is 1. The van der Waals surface area contributed by atoms with Crippen LogP contribution >= 0.6 is 15.9 Å². The molecular weight excluding hydrogens is 240 g/mol. The molecule has 0 spiro atoms. The lowest BCUT2D eigenvalue weighted by molar-refractivity contribution is 0.257. The maximum absolute atomic E-state index is 4.45. The van der Waals surface area contributed by atoms with Crippen molar-refractivity contribution in [3.8, 4) is 0 Å². The first kappa shape index (κ1) is 10.1. The molecule has 2 rings (SSSR count). The summed E-state index contributed by atoms with van der Waals surface area (Å²) in [5, 5.41) is 0. The Morgan fingerprint density at radius 3 is 3.07 bits per heavy atom. The second-order valence-electron chi connectivity index (χ2n) is 3.91. The Balaban J connectivity index is 2.03. The van der Waals surface area contributed by atoms with Gasteiger partial charge in [0.2, 0.25) is 0 Å². The zero-order chi connectivity index (χ0) is 9.97. The van der Waals surface area contributed by atoms with Gasteiger partial charge in [-0.1, -0.05) is 6.07 Å². The third-order valence-electron chi connectivity index (χ3n) is 2.83. The Labute approximate surface area is 93.5 Å². The average Bonchev–Trinajstić information content (AvgIpc) is 2.52. The zero-order valence-corrected chi connectivity index (χ0v) is 10.00. The molecule has 1 aliphatic rings. The first-order valence-corrected chi connectivity index (χ1v) is 5.90. The molecule has 0 aliphatic carbocycles. The second kappa shape index (κ2) is 4.41. The van der Waals surface area contributed by atoms with E-state index in [1.165, 1.54) is 19.4 Å². The molecule has 3 heteroatoms. The number of rotatable bonds is 2. The first-order chi connectivity index (χ1) is 6.75. The van der Waals surface area contributed by atoms with Crippen LogP contribution in [0.15, 0.2) is 22.8 Å². The quantitative estimate of drug-likeness (QED) is 0.755. The smallest absolute Gasteiger partial charge is 0.106 e. The fraction of sp³-hybridized carbons (Fsp3) is 0.545. The number of halogens is 1. The lowest BCUT2D eigenvalue weighted by Gasteiger charge is -2.20. The van der Waals surface area contributed by atoms with Gasteiger partial charge in [-0.3, -0.25) is 4.90 Å². The summed E-state index contributed by atoms with van der Waals surface area (Å²) < 4.78 is 0.932. The van der Waals surface area contributed by atoms with Crippen LogP contribution in [0.25, 0.3) is 0 Å². The van der Waals surface area contributed by atoms with Crippen LogP contribution in [0.3, 0.4) is 0 Å². The molecule has 1 aromatic heterocycles. The van der Waals surface area contributed by atoms with Gasteiger partial charge in [0.1, 0.15) is 4.60 Å². The van der Waals surface area contributed by atoms with E-state index in [-0.39, 0.29) is 0 Å². The van der Waals surface area contributed by atoms with Crippen molar-refractivity contribution in [1.82, 2.24) is 9.88 Å². The number of hydrogen-bond donors (Lipinski definition) is 0. The van der Waals surface area contributed by atoms with Crippen molar-refractivity contribution < 1.29 is 0 Å². The van der Waals surface area contributed by atoms with Gasteiger partial charge in [-0.25, -0.2) is 4.98 Å². The van der Waals surface area contributed by atoms with Gasteiger partial charge in [0, 0.05) is 12.6 Å². The van der Waals surface area contributed by atoms with Gasteiger partial charge in [-0.15, -0.1) is 0 Å². The maximum atomic E-state index is 4.45. The van der Waals surface area contributed by atoms with Crippen LogP contribution in [0.4, 0.5) is 0 Å². The minimum absolute atomic E-state index is 0.718. The molecule has 0 amide bonds. The third kappa shape index (κ3) is 2.34. The van der Waals surface area contributed by atoms with E-state index in [0.29, 0.717) is 0 Å². The molecule has 76 valence electrons. The number of hydrogen-bond acceptors (Lipinski definition) is 2. The summed E-state index contributed by atoms with van der Waals surface area (Å²) in [6.07, 6.45) is 2.66. The molecule has 1 unspecified atom stereocenters. The highest BCUT2D eigenvalue weighted by Gasteiger charge is 2.20. The van der Waals surface area contributed by atoms with E-state index in [2.05, 4.69) is 38.8 Å². The van der Waals surface area contributed by atoms with Crippen molar-refractivity contribution in [2.75, 3.05) is 6.54 Å². The molecule has 1 aromatic rings. The molecule has 1 atom stereocenters. The summed E-state index contributed by atoms with van der Waals surface area (Å²) in [6.45, 7) is 4.50. The van der Waals surface area contributed by atoms with Crippen LogP contribution in [0, 0.1) is 0 Å². The van der Waals surface area contributed by atoms with Gasteiger partial charge in [0.15, 0.2) is 0 Å². The molecule has 0 saturated carbocycles. The van der Waals surface area contributed by atoms with Crippen molar-refractivity contribution in [2.45, 2.75) is 32.4 Å². The summed E-state index contributed by atoms with van der Waals surface area (Å²) in [5.74, 6) is 0. The van der Waals surface area contributed by atoms with E-state index < -0.39 is 0 Å². The first-order valence-electron chi connectivity index (χ1n) is 5.11. The van der Waals surface area contributed by atoms with E-state index in [4.69, 9.17) is 0 Å². The van der Waals surface area contributed by atoms with Crippen molar-refractivity contribution in [1.29, 1.82) is 0 Å². The molecule has 0 N–H and O–H groups in total. The van der Waals surface area contributed by atoms with Crippen molar-refractivity contribution >= 4 is 15.9 Å². The van der Waals surface area contributed by atoms with Crippen molar-refractivity contribution in [3.05, 3.63) is 28.5 Å². The van der Waals surface area contributed by atoms with Crippen molar-refractivity contribution in [2.24, 2.45) is 0 Å². The lowest BCUT2D eigenvalue weighted by Crippen LogP contribution is -2.26. The standard InChI is InChI=1S/C11H15BrN2/c1-9-4-3-7-14(9)8-10-5-2-6-11(12)13-10/h2,5-6,9H,3-4,7-8H2,1H3. The summed E-state index contributed by atoms with van der Waals surface area (Å²) in [4.78, 5) is 6.94. The molecule has 2 heterocycles. The number of pyridine rings is 1. The molecule has 1 aliphatic heterocycles. The predicted octanol–water partition coefficient (Wildman–Crippen LogP) is 2.83. The normalized spacial score (nSPS) is 22.9. The van der Waals surface area contributed by atoms with Crippen molar-refractivity contribution in [3.63, 3.8) is 0 Å². The van der Waals surface area contributed by atoms with E-state index in [9.17, 15) is 0 Å². The largest absolute Gasteiger partial charge is 0.295 e. The van der Waals surface area contributed by atoms with Crippen LogP contribution in [0.1, 0.15) is 25.5 Å². The molecule has 0 bridgehead atoms. The highest BCUT2D eigenvalue weighted by Crippen LogP contribution is 2.19. The molecule has 0 radical (unpaired) electrons. The number of nitrogens with zero attached hydrogens (tertiary/aromatic N) is 2. The fourth-order valence-corrected chi connectivity index (χ4v) is 2.35. The van der Waals surface area contributed by atoms with Crippen LogP contribution < -0.4 is 0 Å². The highest BCUT2D eigenvalue weighted by atomic mass is 79.9. The molecular formula is C11H15BrN2. The Morgan fingerprint density at radius 2 is 2.43 bits per heavy atom. The lowest BCUT2D eigenvalue weighted by atomic mass is 10.2. The van der Waals surface area contributed by atoms with E-state index in [1.54, 1.807) is 0 Å². The van der Waals surface area contributed by atoms with Crippen LogP contribution in [-0.2, 0) is 6.54 Å². The van der Waals surface area contributed by atoms with Gasteiger partial charge in [0.05, 0.1) is 5.69 Å². The van der Waals surface area contributed by atoms with Gasteiger partial charge in [0.25, 0.3) is 0 Å². The van der Waals surface area contributed by atoms with Gasteiger partial charge in [-0.2, -0.15) is 0 Å². The monoisotopic (exact) mass is 254 g/mol. The average molecular weight is 255 g/mol. The summed E-state index contributed by atoms with van der Waals surface area (Å²) in [5.41, 5.74) is 1.16. The summed E-state index contributed by atoms with van der Waals surface area (Å²) >= 11 is 3.40. The Kier molecular flexibility index (Phi) is 3.19. The molecule has 2 nitrogen and oxygen atoms in total. The highest BCUT2D eigenvalue weighted by molar-refractivity contribution is 9.10. The zero-order valence-electron chi connectivity index (χ0n) is 8.41. The van der Waals surface area contributed by atoms with Gasteiger partial charge >= 0.3 is 0 Å². The van der Waals surface area contributed by atoms with E-state index >= 15 is 0 Å². The summed E-state index contributed by atoms with van der Waals surface area (Å²) in [7, 11) is 0. The predicted molar refractivity (Wildman–Crippen MR) is 61.0 cm³/mol. The Bertz CT molecular complexity index is 314. The second-order valence-corrected chi connectivity index (χ2v) is 4.73. The van der Waals surface area contributed by atoms with Gasteiger partial charge in [-0.05, 0) is 54.4 Å². The topological polar surface area (TPSA) is 16.1 Å². The Hall–Kier alpha value is -0.410. The minimum Gasteiger partial charge on any atom is -0.295 e. The third-order valence-corrected chi connectivity index (χ3v) is 3.27. The van der Waals surface area contributed by atoms with E-state index in [1.807, 2.05) is 12.1 Å². The number of aromatic nitrogens is 1. The fourth-order valence-electron chi connectivity index (χ4n) is 1.97. The van der Waals surface area contributed by atoms with Crippen LogP contribution in [0.5, 0.6) is 0 Å². The summed E-state index contributed by atoms with van der Waals surface area (Å²) in [6, 6.07) is 6.83. The molecule has 1 fully saturated rings. The van der Waals surface area contributed by atoms with Gasteiger partial charge < -0.3 is 0 Å². The van der Waals surface area contributed by atoms with Crippen LogP contribution in [0.2, 0.25) is 0 Å². The molecule has 0 aromatic carbocycles. The Morgan fingerprint density at radius 1 is 1.57 bits per heavy atom. The maximum Gasteiger partial charge on any atom is 0.106 e. The minimum atomic E-state index is 0.718. The molecule has 1 saturated heterocycles. The SMILES string of the molecule is CC1CCCN1Cc1cccc(Br)n1. The van der Waals surface area contributed by atoms with E-state index in [0.717, 1.165) is 22.9 Å².